The molecule has 0 N–H and O–H groups in total. The Hall–Kier alpha value is -3.05. The number of rotatable bonds is 9. The van der Waals surface area contributed by atoms with E-state index in [1.807, 2.05) is 60.0 Å². The van der Waals surface area contributed by atoms with Gasteiger partial charge in [-0.25, -0.2) is 8.42 Å². The Morgan fingerprint density at radius 3 is 2.49 bits per heavy atom. The highest BCUT2D eigenvalue weighted by Crippen LogP contribution is 2.34. The molecule has 4 rings (SSSR count). The molecule has 1 aliphatic rings. The van der Waals surface area contributed by atoms with E-state index in [1.54, 1.807) is 19.1 Å². The van der Waals surface area contributed by atoms with Crippen LogP contribution < -0.4 is 9.47 Å². The van der Waals surface area contributed by atoms with Gasteiger partial charge in [-0.05, 0) is 49.7 Å². The molecule has 11 heteroatoms. The van der Waals surface area contributed by atoms with E-state index in [0.717, 1.165) is 17.0 Å². The van der Waals surface area contributed by atoms with Gasteiger partial charge in [0.25, 0.3) is 0 Å². The molecule has 0 bridgehead atoms. The molecule has 1 aliphatic heterocycles. The fourth-order valence-corrected chi connectivity index (χ4v) is 6.77. The summed E-state index contributed by atoms with van der Waals surface area (Å²) in [5.41, 5.74) is 1.57. The molecule has 1 saturated heterocycles. The van der Waals surface area contributed by atoms with Gasteiger partial charge in [0.1, 0.15) is 11.5 Å². The maximum Gasteiger partial charge on any atom is 0.233 e. The molecule has 35 heavy (non-hydrogen) atoms. The number of carbonyl (C=O) groups is 1. The zero-order valence-electron chi connectivity index (χ0n) is 19.9. The minimum Gasteiger partial charge on any atom is -0.497 e. The number of sulfone groups is 1. The number of para-hydroxylation sites is 1. The van der Waals surface area contributed by atoms with Crippen molar-refractivity contribution in [2.75, 3.05) is 38.0 Å². The molecule has 1 fully saturated rings. The Balaban J connectivity index is 1.64. The standard InChI is InChI=1S/C24H28N4O5S2/c1-4-27(18-13-14-35(30,31)16-18)22(29)15-34-24-26-25-23(20-7-5-6-8-21(20)33-3)28(24)17-9-11-19(32-2)12-10-17/h5-12,18H,4,13-16H2,1-3H3/t18-/m0/s1. The van der Waals surface area contributed by atoms with Gasteiger partial charge in [0.15, 0.2) is 20.8 Å². The first kappa shape index (κ1) is 25.1. The maximum absolute atomic E-state index is 13.1. The molecular formula is C24H28N4O5S2. The summed E-state index contributed by atoms with van der Waals surface area (Å²) in [6.07, 6.45) is 0.479. The lowest BCUT2D eigenvalue weighted by molar-refractivity contribution is -0.129. The fraction of sp³-hybridized carbons (Fsp3) is 0.375. The number of benzene rings is 2. The molecule has 1 atom stereocenters. The van der Waals surface area contributed by atoms with Crippen molar-refractivity contribution >= 4 is 27.5 Å². The average Bonchev–Trinajstić information content (AvgIpc) is 3.45. The second-order valence-electron chi connectivity index (χ2n) is 8.07. The van der Waals surface area contributed by atoms with E-state index in [0.29, 0.717) is 29.7 Å². The highest BCUT2D eigenvalue weighted by Gasteiger charge is 2.34. The van der Waals surface area contributed by atoms with Crippen molar-refractivity contribution in [3.05, 3.63) is 48.5 Å². The lowest BCUT2D eigenvalue weighted by atomic mass is 10.2. The lowest BCUT2D eigenvalue weighted by Gasteiger charge is -2.26. The van der Waals surface area contributed by atoms with Crippen LogP contribution >= 0.6 is 11.8 Å². The van der Waals surface area contributed by atoms with Gasteiger partial charge < -0.3 is 14.4 Å². The predicted octanol–water partition coefficient (Wildman–Crippen LogP) is 3.08. The number of nitrogens with zero attached hydrogens (tertiary/aromatic N) is 4. The number of carbonyl (C=O) groups excluding carboxylic acids is 1. The minimum atomic E-state index is -3.08. The monoisotopic (exact) mass is 516 g/mol. The first-order chi connectivity index (χ1) is 16.9. The molecule has 2 aromatic carbocycles. The number of thioether (sulfide) groups is 1. The van der Waals surface area contributed by atoms with E-state index in [1.165, 1.54) is 11.8 Å². The summed E-state index contributed by atoms with van der Waals surface area (Å²) < 4.78 is 36.5. The number of aromatic nitrogens is 3. The van der Waals surface area contributed by atoms with Crippen LogP contribution in [0.15, 0.2) is 53.7 Å². The van der Waals surface area contributed by atoms with E-state index >= 15 is 0 Å². The summed E-state index contributed by atoms with van der Waals surface area (Å²) >= 11 is 1.27. The highest BCUT2D eigenvalue weighted by molar-refractivity contribution is 7.99. The zero-order valence-corrected chi connectivity index (χ0v) is 21.5. The summed E-state index contributed by atoms with van der Waals surface area (Å²) in [5.74, 6) is 2.10. The van der Waals surface area contributed by atoms with Gasteiger partial charge in [-0.1, -0.05) is 23.9 Å². The van der Waals surface area contributed by atoms with Gasteiger partial charge in [0.2, 0.25) is 5.91 Å². The van der Waals surface area contributed by atoms with Gasteiger partial charge in [-0.3, -0.25) is 9.36 Å². The number of hydrogen-bond acceptors (Lipinski definition) is 8. The Morgan fingerprint density at radius 1 is 1.11 bits per heavy atom. The summed E-state index contributed by atoms with van der Waals surface area (Å²) in [7, 11) is 0.125. The minimum absolute atomic E-state index is 0.0250. The summed E-state index contributed by atoms with van der Waals surface area (Å²) in [5, 5.41) is 9.36. The zero-order chi connectivity index (χ0) is 25.0. The number of amides is 1. The Kier molecular flexibility index (Phi) is 7.66. The van der Waals surface area contributed by atoms with Crippen LogP contribution in [0.2, 0.25) is 0 Å². The summed E-state index contributed by atoms with van der Waals surface area (Å²) in [6, 6.07) is 14.8. The van der Waals surface area contributed by atoms with Gasteiger partial charge in [0.05, 0.1) is 42.7 Å². The van der Waals surface area contributed by atoms with Crippen LogP contribution in [0.25, 0.3) is 17.1 Å². The molecule has 9 nitrogen and oxygen atoms in total. The second-order valence-corrected chi connectivity index (χ2v) is 11.2. The lowest BCUT2D eigenvalue weighted by Crippen LogP contribution is -2.42. The Bertz CT molecular complexity index is 1290. The van der Waals surface area contributed by atoms with E-state index in [-0.39, 0.29) is 29.2 Å². The molecule has 0 saturated carbocycles. The van der Waals surface area contributed by atoms with Crippen LogP contribution in [0.5, 0.6) is 11.5 Å². The molecule has 0 radical (unpaired) electrons. The van der Waals surface area contributed by atoms with Crippen molar-refractivity contribution in [1.29, 1.82) is 0 Å². The third-order valence-electron chi connectivity index (χ3n) is 5.95. The molecule has 1 aromatic heterocycles. The summed E-state index contributed by atoms with van der Waals surface area (Å²) in [4.78, 5) is 14.7. The van der Waals surface area contributed by atoms with Crippen molar-refractivity contribution in [3.63, 3.8) is 0 Å². The molecule has 1 amide bonds. The number of methoxy groups -OCH3 is 2. The third kappa shape index (κ3) is 5.46. The van der Waals surface area contributed by atoms with Crippen molar-refractivity contribution < 1.29 is 22.7 Å². The molecule has 0 spiro atoms. The van der Waals surface area contributed by atoms with Crippen molar-refractivity contribution in [3.8, 4) is 28.6 Å². The fourth-order valence-electron chi connectivity index (χ4n) is 4.20. The van der Waals surface area contributed by atoms with E-state index < -0.39 is 9.84 Å². The molecule has 0 aliphatic carbocycles. The van der Waals surface area contributed by atoms with E-state index in [4.69, 9.17) is 9.47 Å². The first-order valence-electron chi connectivity index (χ1n) is 11.2. The molecule has 0 unspecified atom stereocenters. The molecule has 186 valence electrons. The average molecular weight is 517 g/mol. The quantitative estimate of drug-likeness (QED) is 0.400. The van der Waals surface area contributed by atoms with Crippen LogP contribution in [-0.2, 0) is 14.6 Å². The van der Waals surface area contributed by atoms with Gasteiger partial charge in [0, 0.05) is 12.6 Å². The number of hydrogen-bond donors (Lipinski definition) is 0. The van der Waals surface area contributed by atoms with Crippen LogP contribution in [0, 0.1) is 0 Å². The van der Waals surface area contributed by atoms with Gasteiger partial charge >= 0.3 is 0 Å². The van der Waals surface area contributed by atoms with Crippen molar-refractivity contribution in [1.82, 2.24) is 19.7 Å². The van der Waals surface area contributed by atoms with Crippen LogP contribution in [0.3, 0.4) is 0 Å². The van der Waals surface area contributed by atoms with Crippen LogP contribution in [0.4, 0.5) is 0 Å². The van der Waals surface area contributed by atoms with Crippen molar-refractivity contribution in [2.45, 2.75) is 24.5 Å². The molecule has 3 aromatic rings. The normalized spacial score (nSPS) is 16.7. The smallest absolute Gasteiger partial charge is 0.233 e. The van der Waals surface area contributed by atoms with Crippen LogP contribution in [-0.4, -0.2) is 78.1 Å². The van der Waals surface area contributed by atoms with Crippen molar-refractivity contribution in [2.24, 2.45) is 0 Å². The number of ether oxygens (including phenoxy) is 2. The third-order valence-corrected chi connectivity index (χ3v) is 8.61. The Labute approximate surface area is 209 Å². The first-order valence-corrected chi connectivity index (χ1v) is 14.0. The Morgan fingerprint density at radius 2 is 1.86 bits per heavy atom. The highest BCUT2D eigenvalue weighted by atomic mass is 32.2. The van der Waals surface area contributed by atoms with Gasteiger partial charge in [-0.2, -0.15) is 0 Å². The largest absolute Gasteiger partial charge is 0.497 e. The second kappa shape index (κ2) is 10.7. The SMILES string of the molecule is CCN(C(=O)CSc1nnc(-c2ccccc2OC)n1-c1ccc(OC)cc1)[C@H]1CCS(=O)(=O)C1. The van der Waals surface area contributed by atoms with E-state index in [2.05, 4.69) is 10.2 Å². The topological polar surface area (TPSA) is 104 Å². The summed E-state index contributed by atoms with van der Waals surface area (Å²) in [6.45, 7) is 2.32. The maximum atomic E-state index is 13.1. The molecule has 2 heterocycles. The predicted molar refractivity (Wildman–Crippen MR) is 135 cm³/mol. The van der Waals surface area contributed by atoms with Gasteiger partial charge in [-0.15, -0.1) is 10.2 Å². The van der Waals surface area contributed by atoms with Crippen LogP contribution in [0.1, 0.15) is 13.3 Å². The molecular weight excluding hydrogens is 488 g/mol. The van der Waals surface area contributed by atoms with E-state index in [9.17, 15) is 13.2 Å².